The number of amides is 2. The highest BCUT2D eigenvalue weighted by Crippen LogP contribution is 2.34. The second kappa shape index (κ2) is 9.28. The van der Waals surface area contributed by atoms with Gasteiger partial charge in [0.2, 0.25) is 5.91 Å². The van der Waals surface area contributed by atoms with Gasteiger partial charge in [-0.15, -0.1) is 0 Å². The van der Waals surface area contributed by atoms with E-state index in [4.69, 9.17) is 39.8 Å². The fourth-order valence-corrected chi connectivity index (χ4v) is 4.33. The Morgan fingerprint density at radius 2 is 1.87 bits per heavy atom. The Morgan fingerprint density at radius 1 is 1.10 bits per heavy atom. The van der Waals surface area contributed by atoms with E-state index in [-0.39, 0.29) is 16.6 Å². The van der Waals surface area contributed by atoms with Crippen molar-refractivity contribution in [1.29, 1.82) is 0 Å². The van der Waals surface area contributed by atoms with Crippen molar-refractivity contribution in [3.63, 3.8) is 0 Å². The van der Waals surface area contributed by atoms with Gasteiger partial charge < -0.3 is 4.42 Å². The van der Waals surface area contributed by atoms with Crippen LogP contribution in [-0.4, -0.2) is 21.1 Å². The third kappa shape index (κ3) is 5.02. The Morgan fingerprint density at radius 3 is 2.61 bits per heavy atom. The summed E-state index contributed by atoms with van der Waals surface area (Å²) in [5.41, 5.74) is 4.17. The van der Waals surface area contributed by atoms with Crippen LogP contribution in [0.4, 0.5) is 0 Å². The highest BCUT2D eigenvalue weighted by atomic mass is 35.5. The predicted molar refractivity (Wildman–Crippen MR) is 127 cm³/mol. The Kier molecular flexibility index (Phi) is 6.48. The van der Waals surface area contributed by atoms with Gasteiger partial charge in [0.1, 0.15) is 11.5 Å². The number of hydrogen-bond acceptors (Lipinski definition) is 5. The molecule has 1 aliphatic rings. The van der Waals surface area contributed by atoms with Crippen molar-refractivity contribution in [2.45, 2.75) is 6.42 Å². The van der Waals surface area contributed by atoms with E-state index < -0.39 is 5.91 Å². The first-order valence-corrected chi connectivity index (χ1v) is 11.1. The van der Waals surface area contributed by atoms with E-state index in [1.165, 1.54) is 0 Å². The third-order valence-electron chi connectivity index (χ3n) is 4.34. The summed E-state index contributed by atoms with van der Waals surface area (Å²) in [5.74, 6) is 0.307. The molecule has 0 spiro atoms. The minimum atomic E-state index is -0.413. The topological polar surface area (TPSA) is 62.6 Å². The third-order valence-corrected chi connectivity index (χ3v) is 6.38. The minimum absolute atomic E-state index is 0.141. The van der Waals surface area contributed by atoms with Crippen molar-refractivity contribution in [2.24, 2.45) is 0 Å². The predicted octanol–water partition coefficient (Wildman–Crippen LogP) is 5.73. The lowest BCUT2D eigenvalue weighted by Crippen LogP contribution is -2.45. The molecule has 1 aromatic heterocycles. The summed E-state index contributed by atoms with van der Waals surface area (Å²) in [6.45, 7) is 0. The summed E-state index contributed by atoms with van der Waals surface area (Å²) in [6, 6.07) is 17.9. The van der Waals surface area contributed by atoms with Crippen LogP contribution in [-0.2, 0) is 16.0 Å². The average Bonchev–Trinajstić information content (AvgIpc) is 3.31. The molecule has 0 atom stereocenters. The molecule has 2 heterocycles. The number of furan rings is 1. The number of thiocarbonyl (C=S) groups is 1. The normalized spacial score (nSPS) is 15.0. The van der Waals surface area contributed by atoms with Crippen molar-refractivity contribution in [3.05, 3.63) is 86.9 Å². The fraction of sp³-hybridized carbons (Fsp3) is 0.0455. The number of hydrogen-bond donors (Lipinski definition) is 1. The molecule has 1 saturated heterocycles. The van der Waals surface area contributed by atoms with E-state index in [0.29, 0.717) is 26.5 Å². The minimum Gasteiger partial charge on any atom is -0.457 e. The van der Waals surface area contributed by atoms with Crippen molar-refractivity contribution < 1.29 is 14.0 Å². The fourth-order valence-electron chi connectivity index (χ4n) is 2.87. The smallest absolute Gasteiger partial charge is 0.285 e. The van der Waals surface area contributed by atoms with Crippen molar-refractivity contribution in [3.8, 4) is 11.3 Å². The van der Waals surface area contributed by atoms with Crippen LogP contribution in [0.2, 0.25) is 10.0 Å². The second-order valence-electron chi connectivity index (χ2n) is 6.55. The van der Waals surface area contributed by atoms with Gasteiger partial charge in [-0.2, -0.15) is 5.01 Å². The first-order valence-electron chi connectivity index (χ1n) is 9.07. The molecule has 4 rings (SSSR count). The molecule has 31 heavy (non-hydrogen) atoms. The Bertz CT molecular complexity index is 1210. The quantitative estimate of drug-likeness (QED) is 0.367. The average molecular weight is 489 g/mol. The summed E-state index contributed by atoms with van der Waals surface area (Å²) in [4.78, 5) is 25.4. The Labute approximate surface area is 198 Å². The summed E-state index contributed by atoms with van der Waals surface area (Å²) in [7, 11) is 0. The number of nitrogens with one attached hydrogen (secondary N) is 1. The molecule has 3 aromatic rings. The molecule has 0 saturated carbocycles. The molecular weight excluding hydrogens is 475 g/mol. The van der Waals surface area contributed by atoms with Crippen LogP contribution in [0.15, 0.2) is 70.0 Å². The lowest BCUT2D eigenvalue weighted by atomic mass is 10.1. The van der Waals surface area contributed by atoms with Crippen LogP contribution in [0.1, 0.15) is 11.3 Å². The number of carbonyl (C=O) groups excluding carboxylic acids is 2. The molecule has 5 nitrogen and oxygen atoms in total. The van der Waals surface area contributed by atoms with Gasteiger partial charge in [-0.3, -0.25) is 15.0 Å². The van der Waals surface area contributed by atoms with Gasteiger partial charge in [-0.05, 0) is 48.1 Å². The second-order valence-corrected chi connectivity index (χ2v) is 9.04. The monoisotopic (exact) mass is 488 g/mol. The summed E-state index contributed by atoms with van der Waals surface area (Å²) >= 11 is 18.4. The van der Waals surface area contributed by atoms with Gasteiger partial charge in [-0.1, -0.05) is 65.3 Å². The van der Waals surface area contributed by atoms with Gasteiger partial charge >= 0.3 is 0 Å². The summed E-state index contributed by atoms with van der Waals surface area (Å²) in [5, 5.41) is 1.96. The van der Waals surface area contributed by atoms with E-state index in [1.54, 1.807) is 36.4 Å². The van der Waals surface area contributed by atoms with E-state index >= 15 is 0 Å². The Balaban J connectivity index is 1.46. The van der Waals surface area contributed by atoms with Gasteiger partial charge in [-0.25, -0.2) is 0 Å². The molecule has 0 unspecified atom stereocenters. The molecule has 2 aromatic carbocycles. The SMILES string of the molecule is O=C(Cc1ccccc1)NN1C(=O)C(=Cc2ccc(-c3ccc(Cl)c(Cl)c3)o2)SC1=S. The number of thioether (sulfide) groups is 1. The number of rotatable bonds is 5. The Hall–Kier alpha value is -2.58. The summed E-state index contributed by atoms with van der Waals surface area (Å²) < 4.78 is 6.06. The van der Waals surface area contributed by atoms with Crippen LogP contribution in [0, 0.1) is 0 Å². The van der Waals surface area contributed by atoms with Crippen molar-refractivity contribution in [2.75, 3.05) is 0 Å². The van der Waals surface area contributed by atoms with Crippen molar-refractivity contribution >= 4 is 69.4 Å². The molecule has 0 bridgehead atoms. The van der Waals surface area contributed by atoms with Gasteiger partial charge in [0.15, 0.2) is 4.32 Å². The first kappa shape index (κ1) is 21.6. The lowest BCUT2D eigenvalue weighted by molar-refractivity contribution is -0.132. The maximum atomic E-state index is 12.7. The first-order chi connectivity index (χ1) is 14.9. The number of benzene rings is 2. The molecule has 0 radical (unpaired) electrons. The zero-order chi connectivity index (χ0) is 22.0. The van der Waals surface area contributed by atoms with Crippen LogP contribution in [0.3, 0.4) is 0 Å². The molecule has 156 valence electrons. The highest BCUT2D eigenvalue weighted by Gasteiger charge is 2.33. The van der Waals surface area contributed by atoms with E-state index in [0.717, 1.165) is 27.9 Å². The number of halogens is 2. The molecule has 1 N–H and O–H groups in total. The van der Waals surface area contributed by atoms with Crippen molar-refractivity contribution in [1.82, 2.24) is 10.4 Å². The largest absolute Gasteiger partial charge is 0.457 e. The van der Waals surface area contributed by atoms with E-state index in [1.807, 2.05) is 30.3 Å². The van der Waals surface area contributed by atoms with Crippen LogP contribution in [0.25, 0.3) is 17.4 Å². The molecule has 0 aliphatic carbocycles. The van der Waals surface area contributed by atoms with E-state index in [9.17, 15) is 9.59 Å². The molecule has 1 fully saturated rings. The molecule has 1 aliphatic heterocycles. The van der Waals surface area contributed by atoms with Gasteiger partial charge in [0.25, 0.3) is 5.91 Å². The standard InChI is InChI=1S/C22H14Cl2N2O3S2/c23-16-8-6-14(11-17(16)24)18-9-7-15(29-18)12-19-21(28)26(22(30)31-19)25-20(27)10-13-4-2-1-3-5-13/h1-9,11-12H,10H2,(H,25,27). The zero-order valence-electron chi connectivity index (χ0n) is 15.8. The molecular formula is C22H14Cl2N2O3S2. The molecule has 2 amide bonds. The highest BCUT2D eigenvalue weighted by molar-refractivity contribution is 8.26. The maximum Gasteiger partial charge on any atom is 0.285 e. The summed E-state index contributed by atoms with van der Waals surface area (Å²) in [6.07, 6.45) is 1.73. The van der Waals surface area contributed by atoms with E-state index in [2.05, 4.69) is 5.43 Å². The van der Waals surface area contributed by atoms with Gasteiger partial charge in [0.05, 0.1) is 21.4 Å². The van der Waals surface area contributed by atoms with Crippen LogP contribution in [0.5, 0.6) is 0 Å². The number of hydrazine groups is 1. The number of nitrogens with zero attached hydrogens (tertiary/aromatic N) is 1. The maximum absolute atomic E-state index is 12.7. The lowest BCUT2D eigenvalue weighted by Gasteiger charge is -2.15. The van der Waals surface area contributed by atoms with Gasteiger partial charge in [0, 0.05) is 11.6 Å². The van der Waals surface area contributed by atoms with Crippen LogP contribution < -0.4 is 5.43 Å². The number of carbonyl (C=O) groups is 2. The zero-order valence-corrected chi connectivity index (χ0v) is 18.9. The van der Waals surface area contributed by atoms with Crippen LogP contribution >= 0.6 is 47.2 Å². The molecule has 9 heteroatoms.